The lowest BCUT2D eigenvalue weighted by Crippen LogP contribution is -1.99. The molecular weight excluding hydrogens is 247 g/mol. The van der Waals surface area contributed by atoms with Crippen LogP contribution in [-0.2, 0) is 0 Å². The predicted octanol–water partition coefficient (Wildman–Crippen LogP) is 4.62. The minimum atomic E-state index is 0.568. The van der Waals surface area contributed by atoms with Crippen molar-refractivity contribution < 1.29 is 0 Å². The van der Waals surface area contributed by atoms with E-state index in [0.29, 0.717) is 10.7 Å². The van der Waals surface area contributed by atoms with Gasteiger partial charge in [0.15, 0.2) is 0 Å². The highest BCUT2D eigenvalue weighted by Crippen LogP contribution is 2.24. The van der Waals surface area contributed by atoms with Gasteiger partial charge in [-0.15, -0.1) is 0 Å². The molecule has 0 nitrogen and oxygen atoms in total. The maximum absolute atomic E-state index is 5.81. The van der Waals surface area contributed by atoms with E-state index in [2.05, 4.69) is 41.9 Å². The van der Waals surface area contributed by atoms with E-state index in [4.69, 9.17) is 11.6 Å². The number of rotatable bonds is 3. The normalized spacial score (nSPS) is 15.4. The van der Waals surface area contributed by atoms with Crippen molar-refractivity contribution in [3.8, 4) is 0 Å². The minimum absolute atomic E-state index is 0.568. The molecule has 0 spiro atoms. The Hall–Kier alpha value is -0.0100. The van der Waals surface area contributed by atoms with E-state index < -0.39 is 0 Å². The molecule has 0 N–H and O–H groups in total. The largest absolute Gasteiger partial charge is 0.0893 e. The highest BCUT2D eigenvalue weighted by Gasteiger charge is 2.07. The number of alkyl halides is 1. The summed E-state index contributed by atoms with van der Waals surface area (Å²) in [6.45, 7) is 4.41. The molecule has 2 unspecified atom stereocenters. The second-order valence-electron chi connectivity index (χ2n) is 3.47. The van der Waals surface area contributed by atoms with Crippen molar-refractivity contribution >= 4 is 27.5 Å². The summed E-state index contributed by atoms with van der Waals surface area (Å²) in [6.07, 6.45) is 1.15. The molecule has 1 aromatic rings. The van der Waals surface area contributed by atoms with E-state index in [-0.39, 0.29) is 0 Å². The lowest BCUT2D eigenvalue weighted by Gasteiger charge is -2.13. The van der Waals surface area contributed by atoms with Gasteiger partial charge >= 0.3 is 0 Å². The molecule has 0 amide bonds. The first-order valence-corrected chi connectivity index (χ1v) is 5.78. The molecule has 13 heavy (non-hydrogen) atoms. The van der Waals surface area contributed by atoms with Gasteiger partial charge in [-0.05, 0) is 30.0 Å². The fourth-order valence-corrected chi connectivity index (χ4v) is 2.10. The van der Waals surface area contributed by atoms with Crippen molar-refractivity contribution in [3.63, 3.8) is 0 Å². The maximum Gasteiger partial charge on any atom is 0.0406 e. The average molecular weight is 262 g/mol. The zero-order valence-electron chi connectivity index (χ0n) is 7.93. The third-order valence-corrected chi connectivity index (χ3v) is 2.74. The fraction of sp³-hybridized carbons (Fsp3) is 0.455. The first-order valence-electron chi connectivity index (χ1n) is 4.49. The molecule has 2 atom stereocenters. The molecule has 1 aromatic carbocycles. The van der Waals surface area contributed by atoms with Gasteiger partial charge in [0.2, 0.25) is 0 Å². The first-order chi connectivity index (χ1) is 6.09. The van der Waals surface area contributed by atoms with Gasteiger partial charge in [0, 0.05) is 9.85 Å². The molecule has 0 saturated heterocycles. The highest BCUT2D eigenvalue weighted by atomic mass is 79.9. The molecule has 0 aliphatic rings. The van der Waals surface area contributed by atoms with E-state index in [0.717, 1.165) is 11.4 Å². The molecule has 0 aromatic heterocycles. The van der Waals surface area contributed by atoms with E-state index >= 15 is 0 Å². The van der Waals surface area contributed by atoms with Crippen LogP contribution in [0.1, 0.15) is 31.7 Å². The van der Waals surface area contributed by atoms with Crippen LogP contribution in [0.25, 0.3) is 0 Å². The van der Waals surface area contributed by atoms with Gasteiger partial charge in [-0.3, -0.25) is 0 Å². The van der Waals surface area contributed by atoms with Crippen LogP contribution in [-0.4, -0.2) is 4.83 Å². The Bertz CT molecular complexity index is 253. The van der Waals surface area contributed by atoms with Gasteiger partial charge in [0.1, 0.15) is 0 Å². The van der Waals surface area contributed by atoms with Gasteiger partial charge < -0.3 is 0 Å². The van der Waals surface area contributed by atoms with Gasteiger partial charge in [0.25, 0.3) is 0 Å². The second kappa shape index (κ2) is 5.02. The quantitative estimate of drug-likeness (QED) is 0.697. The third kappa shape index (κ3) is 3.70. The molecule has 0 aliphatic carbocycles. The topological polar surface area (TPSA) is 0 Å². The first kappa shape index (κ1) is 11.1. The maximum atomic E-state index is 5.81. The Morgan fingerprint density at radius 2 is 1.77 bits per heavy atom. The zero-order chi connectivity index (χ0) is 9.84. The van der Waals surface area contributed by atoms with Crippen LogP contribution in [0.3, 0.4) is 0 Å². The predicted molar refractivity (Wildman–Crippen MR) is 62.9 cm³/mol. The molecule has 0 heterocycles. The van der Waals surface area contributed by atoms with E-state index in [1.54, 1.807) is 0 Å². The van der Waals surface area contributed by atoms with Gasteiger partial charge in [-0.25, -0.2) is 0 Å². The van der Waals surface area contributed by atoms with E-state index in [1.165, 1.54) is 5.56 Å². The molecule has 2 heteroatoms. The monoisotopic (exact) mass is 260 g/mol. The van der Waals surface area contributed by atoms with Crippen molar-refractivity contribution in [2.45, 2.75) is 31.0 Å². The summed E-state index contributed by atoms with van der Waals surface area (Å²) >= 11 is 9.37. The molecule has 0 saturated carbocycles. The third-order valence-electron chi connectivity index (χ3n) is 2.12. The lowest BCUT2D eigenvalue weighted by atomic mass is 9.97. The van der Waals surface area contributed by atoms with Crippen molar-refractivity contribution in [1.82, 2.24) is 0 Å². The van der Waals surface area contributed by atoms with Crippen LogP contribution in [0, 0.1) is 0 Å². The summed E-state index contributed by atoms with van der Waals surface area (Å²) in [5.41, 5.74) is 1.36. The Morgan fingerprint density at radius 1 is 1.23 bits per heavy atom. The molecular formula is C11H14BrCl. The second-order valence-corrected chi connectivity index (χ2v) is 5.47. The molecule has 0 bridgehead atoms. The number of halogens is 2. The van der Waals surface area contributed by atoms with Crippen LogP contribution in [0.15, 0.2) is 24.3 Å². The Balaban J connectivity index is 2.66. The molecule has 0 fully saturated rings. The van der Waals surface area contributed by atoms with E-state index in [1.807, 2.05) is 12.1 Å². The van der Waals surface area contributed by atoms with Crippen LogP contribution in [0.2, 0.25) is 5.02 Å². The molecule has 0 aliphatic heterocycles. The van der Waals surface area contributed by atoms with Crippen LogP contribution in [0.4, 0.5) is 0 Å². The number of benzene rings is 1. The Kier molecular flexibility index (Phi) is 4.27. The standard InChI is InChI=1S/C11H14BrCl/c1-8(7-9(2)12)10-3-5-11(13)6-4-10/h3-6,8-9H,7H2,1-2H3. The molecule has 72 valence electrons. The average Bonchev–Trinajstić information content (AvgIpc) is 2.04. The summed E-state index contributed by atoms with van der Waals surface area (Å²) in [5, 5.41) is 0.808. The van der Waals surface area contributed by atoms with Gasteiger partial charge in [-0.2, -0.15) is 0 Å². The van der Waals surface area contributed by atoms with Crippen molar-refractivity contribution in [2.75, 3.05) is 0 Å². The van der Waals surface area contributed by atoms with Gasteiger partial charge in [-0.1, -0.05) is 53.5 Å². The summed E-state index contributed by atoms with van der Waals surface area (Å²) in [7, 11) is 0. The van der Waals surface area contributed by atoms with Gasteiger partial charge in [0.05, 0.1) is 0 Å². The van der Waals surface area contributed by atoms with Crippen LogP contribution < -0.4 is 0 Å². The number of hydrogen-bond acceptors (Lipinski definition) is 0. The number of hydrogen-bond donors (Lipinski definition) is 0. The van der Waals surface area contributed by atoms with Crippen molar-refractivity contribution in [3.05, 3.63) is 34.9 Å². The summed E-state index contributed by atoms with van der Waals surface area (Å²) < 4.78 is 0. The van der Waals surface area contributed by atoms with Crippen LogP contribution in [0.5, 0.6) is 0 Å². The lowest BCUT2D eigenvalue weighted by molar-refractivity contribution is 0.682. The zero-order valence-corrected chi connectivity index (χ0v) is 10.3. The van der Waals surface area contributed by atoms with Crippen molar-refractivity contribution in [2.24, 2.45) is 0 Å². The van der Waals surface area contributed by atoms with Crippen molar-refractivity contribution in [1.29, 1.82) is 0 Å². The molecule has 1 rings (SSSR count). The summed E-state index contributed by atoms with van der Waals surface area (Å²) in [5.74, 6) is 0.589. The smallest absolute Gasteiger partial charge is 0.0406 e. The van der Waals surface area contributed by atoms with Crippen LogP contribution >= 0.6 is 27.5 Å². The van der Waals surface area contributed by atoms with E-state index in [9.17, 15) is 0 Å². The highest BCUT2D eigenvalue weighted by molar-refractivity contribution is 9.09. The Morgan fingerprint density at radius 3 is 2.23 bits per heavy atom. The SMILES string of the molecule is CC(Br)CC(C)c1ccc(Cl)cc1. The summed E-state index contributed by atoms with van der Waals surface area (Å²) in [6, 6.07) is 8.10. The summed E-state index contributed by atoms with van der Waals surface area (Å²) in [4.78, 5) is 0.568. The molecule has 0 radical (unpaired) electrons. The Labute approximate surface area is 93.4 Å². The fourth-order valence-electron chi connectivity index (χ4n) is 1.41. The minimum Gasteiger partial charge on any atom is -0.0893 e.